The number of aryl methyl sites for hydroxylation is 1. The summed E-state index contributed by atoms with van der Waals surface area (Å²) >= 11 is 12.2. The highest BCUT2D eigenvalue weighted by Gasteiger charge is 2.41. The molecular formula is C16H16Cl2N2O. The highest BCUT2D eigenvalue weighted by atomic mass is 35.5. The molecule has 0 radical (unpaired) electrons. The molecule has 2 heterocycles. The number of benzene rings is 1. The maximum atomic E-state index is 6.23. The zero-order chi connectivity index (χ0) is 15.2. The third-order valence-corrected chi connectivity index (χ3v) is 4.20. The van der Waals surface area contributed by atoms with E-state index >= 15 is 0 Å². The summed E-state index contributed by atoms with van der Waals surface area (Å²) in [5.41, 5.74) is 2.49. The Morgan fingerprint density at radius 2 is 1.95 bits per heavy atom. The second kappa shape index (κ2) is 5.08. The smallest absolute Gasteiger partial charge is 0.154 e. The number of aromatic nitrogens is 1. The van der Waals surface area contributed by atoms with Crippen molar-refractivity contribution in [1.82, 2.24) is 4.98 Å². The number of rotatable bonds is 2. The molecule has 0 spiro atoms. The Hall–Kier alpha value is -1.45. The highest BCUT2D eigenvalue weighted by Crippen LogP contribution is 2.45. The molecule has 1 aliphatic rings. The zero-order valence-corrected chi connectivity index (χ0v) is 13.6. The summed E-state index contributed by atoms with van der Waals surface area (Å²) in [4.78, 5) is 4.11. The predicted molar refractivity (Wildman–Crippen MR) is 86.5 cm³/mol. The van der Waals surface area contributed by atoms with Gasteiger partial charge in [0.25, 0.3) is 0 Å². The van der Waals surface area contributed by atoms with Crippen molar-refractivity contribution in [2.75, 3.05) is 5.32 Å². The number of fused-ring (bicyclic) bond motifs is 1. The fraction of sp³-hybridized carbons (Fsp3) is 0.312. The van der Waals surface area contributed by atoms with Gasteiger partial charge in [-0.2, -0.15) is 0 Å². The molecule has 0 fully saturated rings. The number of nitrogens with one attached hydrogen (secondary N) is 1. The van der Waals surface area contributed by atoms with Crippen LogP contribution in [-0.2, 0) is 0 Å². The average molecular weight is 323 g/mol. The second-order valence-electron chi connectivity index (χ2n) is 5.75. The molecule has 1 aromatic heterocycles. The monoisotopic (exact) mass is 322 g/mol. The van der Waals surface area contributed by atoms with E-state index in [0.717, 1.165) is 22.6 Å². The van der Waals surface area contributed by atoms with Crippen LogP contribution in [0.25, 0.3) is 0 Å². The Balaban J connectivity index is 2.02. The normalized spacial score (nSPS) is 19.0. The molecule has 0 saturated carbocycles. The van der Waals surface area contributed by atoms with E-state index in [0.29, 0.717) is 10.3 Å². The number of para-hydroxylation sites is 1. The molecule has 3 nitrogen and oxygen atoms in total. The van der Waals surface area contributed by atoms with Crippen LogP contribution >= 0.6 is 23.2 Å². The van der Waals surface area contributed by atoms with E-state index in [1.54, 1.807) is 6.07 Å². The van der Waals surface area contributed by atoms with Crippen molar-refractivity contribution < 1.29 is 4.74 Å². The largest absolute Gasteiger partial charge is 0.485 e. The van der Waals surface area contributed by atoms with Gasteiger partial charge >= 0.3 is 0 Å². The fourth-order valence-electron chi connectivity index (χ4n) is 2.69. The van der Waals surface area contributed by atoms with Crippen LogP contribution in [0.15, 0.2) is 30.3 Å². The van der Waals surface area contributed by atoms with E-state index in [1.807, 2.05) is 25.1 Å². The van der Waals surface area contributed by atoms with Gasteiger partial charge in [0.15, 0.2) is 5.15 Å². The van der Waals surface area contributed by atoms with Crippen LogP contribution in [0.5, 0.6) is 5.75 Å². The number of ether oxygens (including phenoxy) is 1. The standard InChI is InChI=1S/C16H16Cl2N2O/c1-9-8-12(17)19-15(18)13(9)20-14-10-6-4-5-7-11(10)21-16(14,2)3/h4-8,14,20H,1-3H3. The molecule has 3 rings (SSSR count). The Bertz CT molecular complexity index is 677. The number of halogens is 2. The van der Waals surface area contributed by atoms with E-state index in [2.05, 4.69) is 30.2 Å². The number of hydrogen-bond donors (Lipinski definition) is 1. The first kappa shape index (κ1) is 14.5. The minimum Gasteiger partial charge on any atom is -0.485 e. The van der Waals surface area contributed by atoms with Crippen LogP contribution in [-0.4, -0.2) is 10.6 Å². The topological polar surface area (TPSA) is 34.2 Å². The van der Waals surface area contributed by atoms with Crippen molar-refractivity contribution in [2.45, 2.75) is 32.4 Å². The van der Waals surface area contributed by atoms with Crippen molar-refractivity contribution in [3.63, 3.8) is 0 Å². The van der Waals surface area contributed by atoms with Gasteiger partial charge in [0, 0.05) is 5.56 Å². The number of nitrogens with zero attached hydrogens (tertiary/aromatic N) is 1. The minimum atomic E-state index is -0.376. The second-order valence-corrected chi connectivity index (χ2v) is 6.49. The lowest BCUT2D eigenvalue weighted by Crippen LogP contribution is -2.35. The first-order valence-corrected chi connectivity index (χ1v) is 7.51. The van der Waals surface area contributed by atoms with Gasteiger partial charge in [0.05, 0.1) is 11.7 Å². The summed E-state index contributed by atoms with van der Waals surface area (Å²) in [5.74, 6) is 0.899. The Morgan fingerprint density at radius 3 is 2.67 bits per heavy atom. The third kappa shape index (κ3) is 2.56. The number of pyridine rings is 1. The van der Waals surface area contributed by atoms with E-state index in [1.165, 1.54) is 0 Å². The Labute approximate surface area is 134 Å². The van der Waals surface area contributed by atoms with Crippen LogP contribution in [0.4, 0.5) is 5.69 Å². The van der Waals surface area contributed by atoms with Crippen molar-refractivity contribution in [2.24, 2.45) is 0 Å². The van der Waals surface area contributed by atoms with Crippen LogP contribution in [0, 0.1) is 6.92 Å². The van der Waals surface area contributed by atoms with E-state index in [-0.39, 0.29) is 11.6 Å². The van der Waals surface area contributed by atoms with Gasteiger partial charge in [-0.25, -0.2) is 4.98 Å². The molecule has 0 bridgehead atoms. The number of hydrogen-bond acceptors (Lipinski definition) is 3. The van der Waals surface area contributed by atoms with Crippen molar-refractivity contribution in [1.29, 1.82) is 0 Å². The number of anilines is 1. The zero-order valence-electron chi connectivity index (χ0n) is 12.1. The molecule has 1 aliphatic heterocycles. The van der Waals surface area contributed by atoms with Crippen molar-refractivity contribution in [3.05, 3.63) is 51.8 Å². The highest BCUT2D eigenvalue weighted by molar-refractivity contribution is 6.34. The van der Waals surface area contributed by atoms with Crippen molar-refractivity contribution in [3.8, 4) is 5.75 Å². The van der Waals surface area contributed by atoms with Gasteiger partial charge in [-0.15, -0.1) is 0 Å². The van der Waals surface area contributed by atoms with Crippen LogP contribution < -0.4 is 10.1 Å². The maximum Gasteiger partial charge on any atom is 0.154 e. The minimum absolute atomic E-state index is 0.00660. The molecule has 1 unspecified atom stereocenters. The van der Waals surface area contributed by atoms with E-state index < -0.39 is 0 Å². The first-order chi connectivity index (χ1) is 9.88. The summed E-state index contributed by atoms with van der Waals surface area (Å²) in [6.07, 6.45) is 0. The van der Waals surface area contributed by atoms with Gasteiger partial charge in [0.1, 0.15) is 16.5 Å². The quantitative estimate of drug-likeness (QED) is 0.788. The van der Waals surface area contributed by atoms with Crippen LogP contribution in [0.2, 0.25) is 10.3 Å². The summed E-state index contributed by atoms with van der Waals surface area (Å²) in [6, 6.07) is 9.81. The molecule has 21 heavy (non-hydrogen) atoms. The van der Waals surface area contributed by atoms with Gasteiger partial charge in [-0.1, -0.05) is 41.4 Å². The lowest BCUT2D eigenvalue weighted by Gasteiger charge is -2.28. The summed E-state index contributed by atoms with van der Waals surface area (Å²) < 4.78 is 6.03. The summed E-state index contributed by atoms with van der Waals surface area (Å²) in [5, 5.41) is 4.24. The fourth-order valence-corrected chi connectivity index (χ4v) is 3.28. The molecular weight excluding hydrogens is 307 g/mol. The molecule has 2 aromatic rings. The van der Waals surface area contributed by atoms with Gasteiger partial charge in [-0.3, -0.25) is 0 Å². The van der Waals surface area contributed by atoms with Gasteiger partial charge < -0.3 is 10.1 Å². The molecule has 5 heteroatoms. The molecule has 0 amide bonds. The predicted octanol–water partition coefficient (Wildman–Crippen LogP) is 5.02. The molecule has 110 valence electrons. The summed E-state index contributed by atoms with van der Waals surface area (Å²) in [7, 11) is 0. The first-order valence-electron chi connectivity index (χ1n) is 6.75. The summed E-state index contributed by atoms with van der Waals surface area (Å²) in [6.45, 7) is 6.06. The Morgan fingerprint density at radius 1 is 1.24 bits per heavy atom. The molecule has 0 aliphatic carbocycles. The van der Waals surface area contributed by atoms with E-state index in [4.69, 9.17) is 27.9 Å². The van der Waals surface area contributed by atoms with Gasteiger partial charge in [-0.05, 0) is 38.5 Å². The maximum absolute atomic E-state index is 6.23. The lowest BCUT2D eigenvalue weighted by molar-refractivity contribution is 0.118. The van der Waals surface area contributed by atoms with Gasteiger partial charge in [0.2, 0.25) is 0 Å². The third-order valence-electron chi connectivity index (χ3n) is 3.73. The average Bonchev–Trinajstić information content (AvgIpc) is 2.63. The molecule has 0 saturated heterocycles. The SMILES string of the molecule is Cc1cc(Cl)nc(Cl)c1NC1c2ccccc2OC1(C)C. The molecule has 1 atom stereocenters. The van der Waals surface area contributed by atoms with Crippen molar-refractivity contribution >= 4 is 28.9 Å². The van der Waals surface area contributed by atoms with E-state index in [9.17, 15) is 0 Å². The van der Waals surface area contributed by atoms with Crippen LogP contribution in [0.1, 0.15) is 31.0 Å². The Kier molecular flexibility index (Phi) is 3.50. The van der Waals surface area contributed by atoms with Crippen LogP contribution in [0.3, 0.4) is 0 Å². The lowest BCUT2D eigenvalue weighted by atomic mass is 9.94. The molecule has 1 N–H and O–H groups in total. The molecule has 1 aromatic carbocycles.